The molecule has 0 amide bonds. The van der Waals surface area contributed by atoms with Crippen molar-refractivity contribution < 1.29 is 0 Å². The first-order chi connectivity index (χ1) is 14.2. The number of guanidine groups is 1. The second-order valence-corrected chi connectivity index (χ2v) is 9.44. The van der Waals surface area contributed by atoms with Crippen molar-refractivity contribution in [2.45, 2.75) is 31.2 Å². The van der Waals surface area contributed by atoms with Gasteiger partial charge in [-0.15, -0.1) is 45.9 Å². The molecule has 2 aromatic rings. The van der Waals surface area contributed by atoms with Gasteiger partial charge >= 0.3 is 0 Å². The van der Waals surface area contributed by atoms with Gasteiger partial charge in [0.15, 0.2) is 11.8 Å². The molecule has 1 N–H and O–H groups in total. The quantitative estimate of drug-likeness (QED) is 0.164. The highest BCUT2D eigenvalue weighted by Crippen LogP contribution is 2.26. The molecule has 1 fully saturated rings. The van der Waals surface area contributed by atoms with Crippen molar-refractivity contribution in [3.8, 4) is 0 Å². The van der Waals surface area contributed by atoms with E-state index in [2.05, 4.69) is 57.0 Å². The van der Waals surface area contributed by atoms with Gasteiger partial charge in [0.25, 0.3) is 0 Å². The summed E-state index contributed by atoms with van der Waals surface area (Å²) < 4.78 is 2.01. The van der Waals surface area contributed by atoms with Gasteiger partial charge in [0, 0.05) is 37.3 Å². The molecule has 1 saturated heterocycles. The summed E-state index contributed by atoms with van der Waals surface area (Å²) in [7, 11) is 2.00. The van der Waals surface area contributed by atoms with E-state index in [9.17, 15) is 0 Å². The molecule has 166 valence electrons. The molecule has 0 bridgehead atoms. The Labute approximate surface area is 206 Å². The number of nitrogens with one attached hydrogen (secondary N) is 1. The Kier molecular flexibility index (Phi) is 11.4. The second-order valence-electron chi connectivity index (χ2n) is 7.36. The van der Waals surface area contributed by atoms with Crippen molar-refractivity contribution >= 4 is 53.5 Å². The Bertz CT molecular complexity index is 783. The molecule has 6 nitrogen and oxygen atoms in total. The maximum absolute atomic E-state index is 4.90. The predicted molar refractivity (Wildman–Crippen MR) is 140 cm³/mol. The van der Waals surface area contributed by atoms with E-state index in [1.165, 1.54) is 17.1 Å². The zero-order chi connectivity index (χ0) is 20.5. The highest BCUT2D eigenvalue weighted by Gasteiger charge is 2.25. The Balaban J connectivity index is 0.00000320. The van der Waals surface area contributed by atoms with Crippen molar-refractivity contribution in [2.24, 2.45) is 18.0 Å². The van der Waals surface area contributed by atoms with E-state index >= 15 is 0 Å². The molecule has 1 aliphatic rings. The number of nitrogens with zero attached hydrogens (tertiary/aromatic N) is 5. The number of aliphatic imine (C=N–C) groups is 1. The number of likely N-dealkylation sites (tertiary alicyclic amines) is 1. The number of hydrogen-bond donors (Lipinski definition) is 1. The van der Waals surface area contributed by atoms with Crippen LogP contribution in [-0.4, -0.2) is 63.0 Å². The van der Waals surface area contributed by atoms with Crippen molar-refractivity contribution in [1.82, 2.24) is 25.0 Å². The highest BCUT2D eigenvalue weighted by molar-refractivity contribution is 14.0. The lowest BCUT2D eigenvalue weighted by molar-refractivity contribution is 0.472. The van der Waals surface area contributed by atoms with Gasteiger partial charge in [0.2, 0.25) is 0 Å². The Morgan fingerprint density at radius 2 is 2.07 bits per heavy atom. The molecule has 0 aliphatic carbocycles. The van der Waals surface area contributed by atoms with Crippen LogP contribution in [0.5, 0.6) is 0 Å². The normalized spacial score (nSPS) is 16.6. The van der Waals surface area contributed by atoms with E-state index in [-0.39, 0.29) is 24.0 Å². The van der Waals surface area contributed by atoms with Crippen LogP contribution in [0.15, 0.2) is 40.2 Å². The first-order valence-corrected chi connectivity index (χ1v) is 12.6. The molecular weight excluding hydrogens is 527 g/mol. The average molecular weight is 561 g/mol. The highest BCUT2D eigenvalue weighted by atomic mass is 127. The molecule has 0 saturated carbocycles. The summed E-state index contributed by atoms with van der Waals surface area (Å²) in [5.41, 5.74) is 0. The molecule has 0 radical (unpaired) electrons. The number of halogens is 1. The van der Waals surface area contributed by atoms with Gasteiger partial charge in [-0.2, -0.15) is 11.8 Å². The van der Waals surface area contributed by atoms with Gasteiger partial charge in [0.05, 0.1) is 0 Å². The third-order valence-corrected chi connectivity index (χ3v) is 7.12. The zero-order valence-electron chi connectivity index (χ0n) is 18.1. The average Bonchev–Trinajstić information content (AvgIpc) is 3.34. The first-order valence-electron chi connectivity index (χ1n) is 10.2. The van der Waals surface area contributed by atoms with Crippen LogP contribution in [0.2, 0.25) is 0 Å². The van der Waals surface area contributed by atoms with E-state index < -0.39 is 0 Å². The topological polar surface area (TPSA) is 58.3 Å². The number of benzene rings is 1. The maximum atomic E-state index is 4.90. The molecule has 2 heterocycles. The summed E-state index contributed by atoms with van der Waals surface area (Å²) in [5, 5.41) is 12.0. The summed E-state index contributed by atoms with van der Waals surface area (Å²) >= 11 is 3.85. The van der Waals surface area contributed by atoms with Gasteiger partial charge in [-0.1, -0.05) is 18.2 Å². The third kappa shape index (κ3) is 7.64. The Morgan fingerprint density at radius 1 is 1.27 bits per heavy atom. The number of aryl methyl sites for hydroxylation is 1. The maximum Gasteiger partial charge on any atom is 0.194 e. The minimum absolute atomic E-state index is 0. The van der Waals surface area contributed by atoms with Crippen LogP contribution in [-0.2, 0) is 13.6 Å². The van der Waals surface area contributed by atoms with Crippen LogP contribution in [0.3, 0.4) is 0 Å². The smallest absolute Gasteiger partial charge is 0.194 e. The molecule has 1 aliphatic heterocycles. The van der Waals surface area contributed by atoms with E-state index in [1.54, 1.807) is 0 Å². The van der Waals surface area contributed by atoms with Crippen molar-refractivity contribution in [2.75, 3.05) is 37.4 Å². The van der Waals surface area contributed by atoms with Gasteiger partial charge in [-0.3, -0.25) is 0 Å². The predicted octanol–water partition coefficient (Wildman–Crippen LogP) is 4.05. The summed E-state index contributed by atoms with van der Waals surface area (Å²) in [5.74, 6) is 5.85. The van der Waals surface area contributed by atoms with E-state index in [1.807, 2.05) is 42.1 Å². The first kappa shape index (κ1) is 25.3. The number of hydrogen-bond acceptors (Lipinski definition) is 5. The molecule has 30 heavy (non-hydrogen) atoms. The number of thioether (sulfide) groups is 2. The van der Waals surface area contributed by atoms with Crippen molar-refractivity contribution in [1.29, 1.82) is 0 Å². The summed E-state index contributed by atoms with van der Waals surface area (Å²) in [4.78, 5) is 8.66. The van der Waals surface area contributed by atoms with Crippen molar-refractivity contribution in [3.63, 3.8) is 0 Å². The fourth-order valence-electron chi connectivity index (χ4n) is 3.31. The minimum Gasteiger partial charge on any atom is -0.356 e. The molecule has 1 aromatic carbocycles. The van der Waals surface area contributed by atoms with Crippen LogP contribution < -0.4 is 5.32 Å². The van der Waals surface area contributed by atoms with Crippen LogP contribution >= 0.6 is 47.5 Å². The van der Waals surface area contributed by atoms with Gasteiger partial charge in [-0.05, 0) is 49.8 Å². The molecule has 1 unspecified atom stereocenters. The molecule has 1 aromatic heterocycles. The van der Waals surface area contributed by atoms with E-state index in [0.717, 1.165) is 49.4 Å². The van der Waals surface area contributed by atoms with Crippen LogP contribution in [0.1, 0.15) is 24.5 Å². The molecular formula is C21H33IN6S2. The SMILES string of the molecule is CSCCCNC(=NCc1nnc(C)n1C)N1CCC(CSc2ccccc2)C1.I. The standard InChI is InChI=1S/C21H32N6S2.HI/c1-17-24-25-20(26(17)2)14-23-21(22-11-7-13-28-3)27-12-10-18(15-27)16-29-19-8-5-4-6-9-19;/h4-6,8-9,18H,7,10-16H2,1-3H3,(H,22,23);1H. The molecule has 0 spiro atoms. The van der Waals surface area contributed by atoms with E-state index in [0.29, 0.717) is 12.5 Å². The minimum atomic E-state index is 0. The largest absolute Gasteiger partial charge is 0.356 e. The van der Waals surface area contributed by atoms with Gasteiger partial charge < -0.3 is 14.8 Å². The summed E-state index contributed by atoms with van der Waals surface area (Å²) in [6.45, 7) is 5.61. The summed E-state index contributed by atoms with van der Waals surface area (Å²) in [6, 6.07) is 10.7. The van der Waals surface area contributed by atoms with E-state index in [4.69, 9.17) is 4.99 Å². The molecule has 1 atom stereocenters. The van der Waals surface area contributed by atoms with Crippen LogP contribution in [0.25, 0.3) is 0 Å². The Morgan fingerprint density at radius 3 is 2.77 bits per heavy atom. The zero-order valence-corrected chi connectivity index (χ0v) is 22.0. The third-order valence-electron chi connectivity index (χ3n) is 5.18. The van der Waals surface area contributed by atoms with Crippen LogP contribution in [0.4, 0.5) is 0 Å². The molecule has 9 heteroatoms. The molecule has 3 rings (SSSR count). The fourth-order valence-corrected chi connectivity index (χ4v) is 4.79. The second kappa shape index (κ2) is 13.5. The van der Waals surface area contributed by atoms with Gasteiger partial charge in [-0.25, -0.2) is 4.99 Å². The summed E-state index contributed by atoms with van der Waals surface area (Å²) in [6.07, 6.45) is 4.51. The lowest BCUT2D eigenvalue weighted by Gasteiger charge is -2.22. The Hall–Kier alpha value is -0.940. The number of aromatic nitrogens is 3. The van der Waals surface area contributed by atoms with Crippen molar-refractivity contribution in [3.05, 3.63) is 42.0 Å². The fraction of sp³-hybridized carbons (Fsp3) is 0.571. The number of rotatable bonds is 9. The lowest BCUT2D eigenvalue weighted by atomic mass is 10.2. The van der Waals surface area contributed by atoms with Crippen LogP contribution in [0, 0.1) is 12.8 Å². The lowest BCUT2D eigenvalue weighted by Crippen LogP contribution is -2.41. The van der Waals surface area contributed by atoms with Gasteiger partial charge in [0.1, 0.15) is 12.4 Å². The monoisotopic (exact) mass is 560 g/mol.